The molecule has 0 aliphatic heterocycles. The third-order valence-corrected chi connectivity index (χ3v) is 5.06. The van der Waals surface area contributed by atoms with Gasteiger partial charge in [0.1, 0.15) is 10.6 Å². The molecular weight excluding hydrogens is 348 g/mol. The van der Waals surface area contributed by atoms with Crippen molar-refractivity contribution in [3.8, 4) is 5.75 Å². The summed E-state index contributed by atoms with van der Waals surface area (Å²) in [5, 5.41) is 0. The molecule has 0 saturated heterocycles. The summed E-state index contributed by atoms with van der Waals surface area (Å²) in [5.41, 5.74) is 2.11. The molecule has 0 atom stereocenters. The minimum atomic E-state index is -3.83. The van der Waals surface area contributed by atoms with Crippen molar-refractivity contribution in [2.75, 3.05) is 19.6 Å². The Morgan fingerprint density at radius 3 is 2.08 bits per heavy atom. The zero-order valence-electron chi connectivity index (χ0n) is 13.6. The second kappa shape index (κ2) is 9.06. The Hall–Kier alpha value is -1.56. The van der Waals surface area contributed by atoms with E-state index in [1.807, 2.05) is 12.1 Å². The lowest BCUT2D eigenvalue weighted by Gasteiger charge is -2.08. The van der Waals surface area contributed by atoms with Crippen molar-refractivity contribution in [1.82, 2.24) is 0 Å². The minimum absolute atomic E-state index is 0.139. The van der Waals surface area contributed by atoms with Crippen LogP contribution in [0.25, 0.3) is 0 Å². The van der Waals surface area contributed by atoms with Gasteiger partial charge in [0.2, 0.25) is 0 Å². The van der Waals surface area contributed by atoms with Gasteiger partial charge in [-0.3, -0.25) is 0 Å². The quantitative estimate of drug-likeness (QED) is 0.499. The van der Waals surface area contributed by atoms with Crippen molar-refractivity contribution in [3.05, 3.63) is 59.7 Å². The number of methoxy groups -OCH3 is 1. The molecule has 24 heavy (non-hydrogen) atoms. The van der Waals surface area contributed by atoms with Crippen LogP contribution in [0, 0.1) is 0 Å². The Morgan fingerprint density at radius 1 is 0.917 bits per heavy atom. The molecule has 0 amide bonds. The first-order valence-corrected chi connectivity index (χ1v) is 9.67. The van der Waals surface area contributed by atoms with Crippen LogP contribution < -0.4 is 4.18 Å². The molecule has 2 rings (SSSR count). The highest BCUT2D eigenvalue weighted by molar-refractivity contribution is 7.87. The summed E-state index contributed by atoms with van der Waals surface area (Å²) < 4.78 is 34.8. The van der Waals surface area contributed by atoms with Crippen LogP contribution in [0.4, 0.5) is 0 Å². The van der Waals surface area contributed by atoms with E-state index in [2.05, 4.69) is 0 Å². The average molecular weight is 369 g/mol. The van der Waals surface area contributed by atoms with Crippen LogP contribution in [0.1, 0.15) is 17.5 Å². The first kappa shape index (κ1) is 18.8. The Morgan fingerprint density at radius 2 is 1.50 bits per heavy atom. The van der Waals surface area contributed by atoms with Crippen LogP contribution in [-0.4, -0.2) is 28.0 Å². The van der Waals surface area contributed by atoms with Crippen molar-refractivity contribution in [2.24, 2.45) is 0 Å². The molecule has 6 heteroatoms. The molecule has 0 bridgehead atoms. The fourth-order valence-electron chi connectivity index (χ4n) is 2.20. The first-order valence-electron chi connectivity index (χ1n) is 7.72. The standard InChI is InChI=1S/C18H21ClO4S/c1-22-14-12-16-4-8-17(9-5-16)23-24(20,21)18-10-6-15(7-11-18)3-2-13-19/h4-11H,2-3,12-14H2,1H3. The molecule has 2 aromatic carbocycles. The number of benzene rings is 2. The van der Waals surface area contributed by atoms with E-state index in [0.717, 1.165) is 30.4 Å². The maximum absolute atomic E-state index is 12.3. The topological polar surface area (TPSA) is 52.6 Å². The zero-order chi connectivity index (χ0) is 17.4. The van der Waals surface area contributed by atoms with E-state index in [4.69, 9.17) is 20.5 Å². The molecule has 4 nitrogen and oxygen atoms in total. The highest BCUT2D eigenvalue weighted by Gasteiger charge is 2.16. The molecule has 0 fully saturated rings. The Bertz CT molecular complexity index is 725. The molecule has 0 aromatic heterocycles. The summed E-state index contributed by atoms with van der Waals surface area (Å²) in [5.74, 6) is 0.881. The maximum atomic E-state index is 12.3. The van der Waals surface area contributed by atoms with Crippen molar-refractivity contribution in [2.45, 2.75) is 24.2 Å². The maximum Gasteiger partial charge on any atom is 0.339 e. The van der Waals surface area contributed by atoms with E-state index >= 15 is 0 Å². The summed E-state index contributed by atoms with van der Waals surface area (Å²) in [6.45, 7) is 0.620. The van der Waals surface area contributed by atoms with Crippen LogP contribution in [-0.2, 0) is 27.7 Å². The number of aryl methyl sites for hydroxylation is 1. The largest absolute Gasteiger partial charge is 0.384 e. The van der Waals surface area contributed by atoms with Crippen molar-refractivity contribution >= 4 is 21.7 Å². The van der Waals surface area contributed by atoms with E-state index in [0.29, 0.717) is 18.2 Å². The highest BCUT2D eigenvalue weighted by atomic mass is 35.5. The van der Waals surface area contributed by atoms with Gasteiger partial charge in [0.05, 0.1) is 6.61 Å². The predicted octanol–water partition coefficient (Wildman–Crippen LogP) is 3.81. The fourth-order valence-corrected chi connectivity index (χ4v) is 3.26. The van der Waals surface area contributed by atoms with Crippen molar-refractivity contribution in [3.63, 3.8) is 0 Å². The molecule has 0 saturated carbocycles. The number of ether oxygens (including phenoxy) is 1. The van der Waals surface area contributed by atoms with Gasteiger partial charge >= 0.3 is 10.1 Å². The number of alkyl halides is 1. The summed E-state index contributed by atoms with van der Waals surface area (Å²) in [4.78, 5) is 0.139. The van der Waals surface area contributed by atoms with Gasteiger partial charge in [-0.1, -0.05) is 24.3 Å². The molecule has 0 heterocycles. The molecule has 2 aromatic rings. The lowest BCUT2D eigenvalue weighted by atomic mass is 10.1. The molecule has 0 N–H and O–H groups in total. The van der Waals surface area contributed by atoms with Gasteiger partial charge in [0, 0.05) is 13.0 Å². The van der Waals surface area contributed by atoms with Crippen LogP contribution in [0.3, 0.4) is 0 Å². The Kier molecular flexibility index (Phi) is 7.09. The van der Waals surface area contributed by atoms with E-state index in [1.54, 1.807) is 43.5 Å². The van der Waals surface area contributed by atoms with Crippen LogP contribution in [0.15, 0.2) is 53.4 Å². The number of hydrogen-bond acceptors (Lipinski definition) is 4. The summed E-state index contributed by atoms with van der Waals surface area (Å²) in [7, 11) is -2.19. The molecule has 130 valence electrons. The lowest BCUT2D eigenvalue weighted by molar-refractivity contribution is 0.202. The van der Waals surface area contributed by atoms with Crippen LogP contribution >= 0.6 is 11.6 Å². The predicted molar refractivity (Wildman–Crippen MR) is 95.3 cm³/mol. The van der Waals surface area contributed by atoms with E-state index in [1.165, 1.54) is 0 Å². The van der Waals surface area contributed by atoms with Crippen LogP contribution in [0.2, 0.25) is 0 Å². The molecule has 0 unspecified atom stereocenters. The monoisotopic (exact) mass is 368 g/mol. The summed E-state index contributed by atoms with van der Waals surface area (Å²) in [6, 6.07) is 13.7. The number of hydrogen-bond donors (Lipinski definition) is 0. The highest BCUT2D eigenvalue weighted by Crippen LogP contribution is 2.20. The Labute approximate surface area is 148 Å². The van der Waals surface area contributed by atoms with Gasteiger partial charge in [-0.25, -0.2) is 0 Å². The SMILES string of the molecule is COCCc1ccc(OS(=O)(=O)c2ccc(CCCCl)cc2)cc1. The first-order chi connectivity index (χ1) is 11.5. The number of rotatable bonds is 9. The summed E-state index contributed by atoms with van der Waals surface area (Å²) in [6.07, 6.45) is 2.46. The molecule has 0 radical (unpaired) electrons. The molecule has 0 aliphatic rings. The van der Waals surface area contributed by atoms with Gasteiger partial charge < -0.3 is 8.92 Å². The zero-order valence-corrected chi connectivity index (χ0v) is 15.1. The molecule has 0 aliphatic carbocycles. The lowest BCUT2D eigenvalue weighted by Crippen LogP contribution is -2.09. The summed E-state index contributed by atoms with van der Waals surface area (Å²) >= 11 is 5.66. The smallest absolute Gasteiger partial charge is 0.339 e. The van der Waals surface area contributed by atoms with Crippen molar-refractivity contribution < 1.29 is 17.3 Å². The molecule has 0 spiro atoms. The Balaban J connectivity index is 2.04. The van der Waals surface area contributed by atoms with Crippen LogP contribution in [0.5, 0.6) is 5.75 Å². The van der Waals surface area contributed by atoms with Gasteiger partial charge in [-0.2, -0.15) is 8.42 Å². The molecular formula is C18H21ClO4S. The van der Waals surface area contributed by atoms with Gasteiger partial charge in [-0.15, -0.1) is 11.6 Å². The fraction of sp³-hybridized carbons (Fsp3) is 0.333. The number of halogens is 1. The van der Waals surface area contributed by atoms with Gasteiger partial charge in [-0.05, 0) is 54.7 Å². The van der Waals surface area contributed by atoms with Gasteiger partial charge in [0.25, 0.3) is 0 Å². The minimum Gasteiger partial charge on any atom is -0.384 e. The second-order valence-corrected chi connectivity index (χ2v) is 7.28. The van der Waals surface area contributed by atoms with E-state index < -0.39 is 10.1 Å². The normalized spacial score (nSPS) is 11.4. The van der Waals surface area contributed by atoms with Gasteiger partial charge in [0.15, 0.2) is 0 Å². The van der Waals surface area contributed by atoms with E-state index in [-0.39, 0.29) is 4.90 Å². The second-order valence-electron chi connectivity index (χ2n) is 5.36. The van der Waals surface area contributed by atoms with E-state index in [9.17, 15) is 8.42 Å². The average Bonchev–Trinajstić information content (AvgIpc) is 2.59. The third-order valence-electron chi connectivity index (χ3n) is 3.54. The third kappa shape index (κ3) is 5.51. The van der Waals surface area contributed by atoms with Crippen molar-refractivity contribution in [1.29, 1.82) is 0 Å².